The number of nitrogens with one attached hydrogen (secondary N) is 1. The SMILES string of the molecule is Cc1cc(NC(=O)CCN)c([N+](=O)[O-])cc1C. The quantitative estimate of drug-likeness (QED) is 0.612. The molecule has 0 unspecified atom stereocenters. The number of nitrogens with two attached hydrogens (primary N) is 1. The number of nitro groups is 1. The standard InChI is InChI=1S/C11H15N3O3/c1-7-5-9(13-11(15)3-4-12)10(14(16)17)6-8(7)2/h5-6H,3-4,12H2,1-2H3,(H,13,15). The van der Waals surface area contributed by atoms with E-state index in [1.165, 1.54) is 6.07 Å². The van der Waals surface area contributed by atoms with Gasteiger partial charge in [0.15, 0.2) is 0 Å². The second kappa shape index (κ2) is 5.40. The van der Waals surface area contributed by atoms with Gasteiger partial charge in [0.1, 0.15) is 5.69 Å². The van der Waals surface area contributed by atoms with Gasteiger partial charge in [-0.15, -0.1) is 0 Å². The molecule has 1 rings (SSSR count). The first-order chi connectivity index (χ1) is 7.95. The molecule has 0 bridgehead atoms. The predicted molar refractivity (Wildman–Crippen MR) is 64.9 cm³/mol. The first-order valence-electron chi connectivity index (χ1n) is 5.21. The highest BCUT2D eigenvalue weighted by Gasteiger charge is 2.17. The molecule has 1 aromatic carbocycles. The Kier molecular flexibility index (Phi) is 4.17. The molecule has 6 heteroatoms. The molecule has 0 aliphatic rings. The van der Waals surface area contributed by atoms with Crippen LogP contribution in [-0.2, 0) is 4.79 Å². The van der Waals surface area contributed by atoms with Crippen molar-refractivity contribution < 1.29 is 9.72 Å². The molecule has 1 aromatic rings. The minimum absolute atomic E-state index is 0.0986. The smallest absolute Gasteiger partial charge is 0.293 e. The molecule has 0 saturated carbocycles. The van der Waals surface area contributed by atoms with Gasteiger partial charge in [-0.1, -0.05) is 0 Å². The number of nitrogens with zero attached hydrogens (tertiary/aromatic N) is 1. The molecule has 0 spiro atoms. The number of hydrogen-bond acceptors (Lipinski definition) is 4. The zero-order chi connectivity index (χ0) is 13.0. The van der Waals surface area contributed by atoms with E-state index in [4.69, 9.17) is 5.73 Å². The van der Waals surface area contributed by atoms with Crippen LogP contribution >= 0.6 is 0 Å². The summed E-state index contributed by atoms with van der Waals surface area (Å²) in [7, 11) is 0. The molecule has 0 atom stereocenters. The summed E-state index contributed by atoms with van der Waals surface area (Å²) in [5, 5.41) is 13.4. The van der Waals surface area contributed by atoms with Crippen LogP contribution in [0.1, 0.15) is 17.5 Å². The molecule has 0 aromatic heterocycles. The summed E-state index contributed by atoms with van der Waals surface area (Å²) in [6.07, 6.45) is 0.143. The van der Waals surface area contributed by atoms with Gasteiger partial charge in [-0.25, -0.2) is 0 Å². The fourth-order valence-electron chi connectivity index (χ4n) is 1.40. The molecule has 0 heterocycles. The number of carbonyl (C=O) groups excluding carboxylic acids is 1. The van der Waals surface area contributed by atoms with E-state index in [-0.39, 0.29) is 30.2 Å². The Balaban J connectivity index is 3.08. The third-order valence-electron chi connectivity index (χ3n) is 2.45. The summed E-state index contributed by atoms with van der Waals surface area (Å²) in [6, 6.07) is 3.05. The van der Waals surface area contributed by atoms with Crippen LogP contribution in [0.3, 0.4) is 0 Å². The molecule has 1 amide bonds. The molecule has 92 valence electrons. The number of carbonyl (C=O) groups is 1. The highest BCUT2D eigenvalue weighted by molar-refractivity contribution is 5.93. The first kappa shape index (κ1) is 13.1. The molecule has 17 heavy (non-hydrogen) atoms. The van der Waals surface area contributed by atoms with E-state index in [9.17, 15) is 14.9 Å². The van der Waals surface area contributed by atoms with Gasteiger partial charge in [0, 0.05) is 19.0 Å². The zero-order valence-corrected chi connectivity index (χ0v) is 9.82. The van der Waals surface area contributed by atoms with E-state index in [2.05, 4.69) is 5.32 Å². The van der Waals surface area contributed by atoms with Crippen molar-refractivity contribution in [2.75, 3.05) is 11.9 Å². The fraction of sp³-hybridized carbons (Fsp3) is 0.364. The normalized spacial score (nSPS) is 10.1. The molecule has 6 nitrogen and oxygen atoms in total. The van der Waals surface area contributed by atoms with Crippen molar-refractivity contribution >= 4 is 17.3 Å². The van der Waals surface area contributed by atoms with Crippen LogP contribution in [0.15, 0.2) is 12.1 Å². The Morgan fingerprint density at radius 2 is 2.00 bits per heavy atom. The monoisotopic (exact) mass is 237 g/mol. The fourth-order valence-corrected chi connectivity index (χ4v) is 1.40. The maximum atomic E-state index is 11.4. The van der Waals surface area contributed by atoms with Gasteiger partial charge in [0.25, 0.3) is 5.69 Å². The molecule has 0 saturated heterocycles. The van der Waals surface area contributed by atoms with E-state index < -0.39 is 4.92 Å². The topological polar surface area (TPSA) is 98.3 Å². The third-order valence-corrected chi connectivity index (χ3v) is 2.45. The summed E-state index contributed by atoms with van der Waals surface area (Å²) in [5.41, 5.74) is 7.06. The van der Waals surface area contributed by atoms with E-state index in [1.807, 2.05) is 6.92 Å². The second-order valence-electron chi connectivity index (χ2n) is 3.80. The Morgan fingerprint density at radius 3 is 2.53 bits per heavy atom. The Labute approximate surface area is 99.0 Å². The number of amides is 1. The first-order valence-corrected chi connectivity index (χ1v) is 5.21. The van der Waals surface area contributed by atoms with Crippen LogP contribution in [0.25, 0.3) is 0 Å². The van der Waals surface area contributed by atoms with Crippen molar-refractivity contribution in [1.82, 2.24) is 0 Å². The number of rotatable bonds is 4. The average molecular weight is 237 g/mol. The van der Waals surface area contributed by atoms with Crippen LogP contribution in [-0.4, -0.2) is 17.4 Å². The number of nitro benzene ring substituents is 1. The lowest BCUT2D eigenvalue weighted by Gasteiger charge is -2.08. The lowest BCUT2D eigenvalue weighted by Crippen LogP contribution is -2.17. The molecule has 0 aliphatic carbocycles. The number of benzene rings is 1. The minimum atomic E-state index is -0.509. The Hall–Kier alpha value is -1.95. The third kappa shape index (κ3) is 3.25. The van der Waals surface area contributed by atoms with Crippen LogP contribution in [0.2, 0.25) is 0 Å². The van der Waals surface area contributed by atoms with Crippen molar-refractivity contribution in [2.24, 2.45) is 5.73 Å². The number of hydrogen-bond donors (Lipinski definition) is 2. The maximum Gasteiger partial charge on any atom is 0.293 e. The summed E-state index contributed by atoms with van der Waals surface area (Å²) < 4.78 is 0. The van der Waals surface area contributed by atoms with Crippen LogP contribution in [0.4, 0.5) is 11.4 Å². The van der Waals surface area contributed by atoms with Crippen LogP contribution in [0, 0.1) is 24.0 Å². The molecular formula is C11H15N3O3. The molecule has 0 aliphatic heterocycles. The molecule has 3 N–H and O–H groups in total. The van der Waals surface area contributed by atoms with Crippen molar-refractivity contribution in [3.8, 4) is 0 Å². The van der Waals surface area contributed by atoms with Gasteiger partial charge in [-0.2, -0.15) is 0 Å². The Bertz CT molecular complexity index is 458. The molecule has 0 radical (unpaired) electrons. The van der Waals surface area contributed by atoms with Crippen LogP contribution in [0.5, 0.6) is 0 Å². The van der Waals surface area contributed by atoms with Gasteiger partial charge >= 0.3 is 0 Å². The van der Waals surface area contributed by atoms with Gasteiger partial charge < -0.3 is 11.1 Å². The average Bonchev–Trinajstić information content (AvgIpc) is 2.23. The predicted octanol–water partition coefficient (Wildman–Crippen LogP) is 1.50. The number of aryl methyl sites for hydroxylation is 2. The van der Waals surface area contributed by atoms with Gasteiger partial charge in [0.2, 0.25) is 5.91 Å². The van der Waals surface area contributed by atoms with E-state index >= 15 is 0 Å². The molecule has 0 fully saturated rings. The summed E-state index contributed by atoms with van der Waals surface area (Å²) in [5.74, 6) is -0.321. The highest BCUT2D eigenvalue weighted by Crippen LogP contribution is 2.27. The second-order valence-corrected chi connectivity index (χ2v) is 3.80. The minimum Gasteiger partial charge on any atom is -0.330 e. The summed E-state index contributed by atoms with van der Waals surface area (Å²) in [4.78, 5) is 21.7. The van der Waals surface area contributed by atoms with E-state index in [0.29, 0.717) is 0 Å². The van der Waals surface area contributed by atoms with Crippen molar-refractivity contribution in [2.45, 2.75) is 20.3 Å². The van der Waals surface area contributed by atoms with E-state index in [0.717, 1.165) is 11.1 Å². The van der Waals surface area contributed by atoms with Crippen molar-refractivity contribution in [1.29, 1.82) is 0 Å². The summed E-state index contributed by atoms with van der Waals surface area (Å²) >= 11 is 0. The van der Waals surface area contributed by atoms with Crippen molar-refractivity contribution in [3.63, 3.8) is 0 Å². The lowest BCUT2D eigenvalue weighted by atomic mass is 10.1. The van der Waals surface area contributed by atoms with Gasteiger partial charge in [-0.3, -0.25) is 14.9 Å². The lowest BCUT2D eigenvalue weighted by molar-refractivity contribution is -0.384. The van der Waals surface area contributed by atoms with Crippen LogP contribution < -0.4 is 11.1 Å². The highest BCUT2D eigenvalue weighted by atomic mass is 16.6. The molecular weight excluding hydrogens is 222 g/mol. The largest absolute Gasteiger partial charge is 0.330 e. The maximum absolute atomic E-state index is 11.4. The van der Waals surface area contributed by atoms with E-state index in [1.54, 1.807) is 13.0 Å². The number of anilines is 1. The van der Waals surface area contributed by atoms with Gasteiger partial charge in [-0.05, 0) is 31.0 Å². The zero-order valence-electron chi connectivity index (χ0n) is 9.82. The Morgan fingerprint density at radius 1 is 1.41 bits per heavy atom. The summed E-state index contributed by atoms with van der Waals surface area (Å²) in [6.45, 7) is 3.83. The van der Waals surface area contributed by atoms with Gasteiger partial charge in [0.05, 0.1) is 4.92 Å². The van der Waals surface area contributed by atoms with Crippen molar-refractivity contribution in [3.05, 3.63) is 33.4 Å².